The highest BCUT2D eigenvalue weighted by Gasteiger charge is 2.34. The highest BCUT2D eigenvalue weighted by Crippen LogP contribution is 2.28. The van der Waals surface area contributed by atoms with Crippen molar-refractivity contribution in [3.05, 3.63) is 11.8 Å². The maximum Gasteiger partial charge on any atom is 0.263 e. The van der Waals surface area contributed by atoms with E-state index in [2.05, 4.69) is 17.3 Å². The van der Waals surface area contributed by atoms with Crippen LogP contribution in [0.25, 0.3) is 0 Å². The first-order chi connectivity index (χ1) is 11.9. The van der Waals surface area contributed by atoms with E-state index in [1.54, 1.807) is 10.9 Å². The Labute approximate surface area is 149 Å². The van der Waals surface area contributed by atoms with Crippen molar-refractivity contribution >= 4 is 15.9 Å². The van der Waals surface area contributed by atoms with E-state index in [9.17, 15) is 13.2 Å². The number of piperidine rings is 1. The standard InChI is InChI=1S/C17H28N4O3S/c1-3-8-20-12-15(16(22)18-11-14-4-5-14)17(19-20)25(23,24)21-9-6-13(2)7-10-21/h12-14H,3-11H2,1-2H3,(H,18,22). The maximum atomic E-state index is 13.1. The average molecular weight is 369 g/mol. The van der Waals surface area contributed by atoms with E-state index in [-0.39, 0.29) is 16.5 Å². The van der Waals surface area contributed by atoms with Gasteiger partial charge in [0, 0.05) is 32.4 Å². The molecule has 0 spiro atoms. The lowest BCUT2D eigenvalue weighted by Crippen LogP contribution is -2.39. The molecule has 2 aliphatic rings. The second-order valence-electron chi connectivity index (χ2n) is 7.35. The Balaban J connectivity index is 1.85. The van der Waals surface area contributed by atoms with E-state index in [4.69, 9.17) is 0 Å². The van der Waals surface area contributed by atoms with Gasteiger partial charge in [-0.1, -0.05) is 13.8 Å². The van der Waals surface area contributed by atoms with E-state index in [1.165, 1.54) is 4.31 Å². The topological polar surface area (TPSA) is 84.3 Å². The minimum absolute atomic E-state index is 0.0937. The van der Waals surface area contributed by atoms with Gasteiger partial charge in [-0.25, -0.2) is 8.42 Å². The molecule has 0 atom stereocenters. The summed E-state index contributed by atoms with van der Waals surface area (Å²) in [6.07, 6.45) is 6.35. The first kappa shape index (κ1) is 18.4. The quantitative estimate of drug-likeness (QED) is 0.796. The van der Waals surface area contributed by atoms with E-state index in [0.29, 0.717) is 38.0 Å². The number of carbonyl (C=O) groups excluding carboxylic acids is 1. The molecule has 2 fully saturated rings. The van der Waals surface area contributed by atoms with Crippen LogP contribution in [-0.2, 0) is 16.6 Å². The average Bonchev–Trinajstić information content (AvgIpc) is 3.31. The Hall–Kier alpha value is -1.41. The van der Waals surface area contributed by atoms with Gasteiger partial charge in [-0.2, -0.15) is 9.40 Å². The number of hydrogen-bond donors (Lipinski definition) is 1. The molecule has 7 nitrogen and oxygen atoms in total. The number of aryl methyl sites for hydroxylation is 1. The van der Waals surface area contributed by atoms with Crippen LogP contribution in [0.4, 0.5) is 0 Å². The minimum Gasteiger partial charge on any atom is -0.352 e. The third-order valence-electron chi connectivity index (χ3n) is 5.00. The predicted octanol–water partition coefficient (Wildman–Crippen LogP) is 1.85. The number of hydrogen-bond acceptors (Lipinski definition) is 4. The summed E-state index contributed by atoms with van der Waals surface area (Å²) in [6.45, 7) is 6.32. The molecule has 1 N–H and O–H groups in total. The van der Waals surface area contributed by atoms with Crippen molar-refractivity contribution in [2.24, 2.45) is 11.8 Å². The van der Waals surface area contributed by atoms with Gasteiger partial charge in [0.25, 0.3) is 15.9 Å². The summed E-state index contributed by atoms with van der Waals surface area (Å²) in [4.78, 5) is 12.5. The van der Waals surface area contributed by atoms with Crippen LogP contribution in [0, 0.1) is 11.8 Å². The van der Waals surface area contributed by atoms with Crippen LogP contribution in [0.1, 0.15) is 56.3 Å². The molecular weight excluding hydrogens is 340 g/mol. The van der Waals surface area contributed by atoms with Gasteiger partial charge in [0.15, 0.2) is 0 Å². The fourth-order valence-electron chi connectivity index (χ4n) is 3.10. The number of carbonyl (C=O) groups is 1. The zero-order valence-electron chi connectivity index (χ0n) is 15.1. The summed E-state index contributed by atoms with van der Waals surface area (Å²) in [5, 5.41) is 7.03. The molecule has 8 heteroatoms. The van der Waals surface area contributed by atoms with Crippen LogP contribution >= 0.6 is 0 Å². The Morgan fingerprint density at radius 3 is 2.56 bits per heavy atom. The first-order valence-electron chi connectivity index (χ1n) is 9.27. The Bertz CT molecular complexity index is 716. The Morgan fingerprint density at radius 1 is 1.28 bits per heavy atom. The van der Waals surface area contributed by atoms with Crippen LogP contribution in [0.15, 0.2) is 11.2 Å². The molecule has 1 aromatic rings. The summed E-state index contributed by atoms with van der Waals surface area (Å²) in [7, 11) is -3.74. The number of sulfonamides is 1. The van der Waals surface area contributed by atoms with E-state index >= 15 is 0 Å². The number of aromatic nitrogens is 2. The molecule has 25 heavy (non-hydrogen) atoms. The van der Waals surface area contributed by atoms with Crippen molar-refractivity contribution < 1.29 is 13.2 Å². The van der Waals surface area contributed by atoms with Gasteiger partial charge in [-0.3, -0.25) is 9.48 Å². The molecular formula is C17H28N4O3S. The lowest BCUT2D eigenvalue weighted by molar-refractivity contribution is 0.0948. The van der Waals surface area contributed by atoms with Crippen LogP contribution in [0.2, 0.25) is 0 Å². The monoisotopic (exact) mass is 368 g/mol. The summed E-state index contributed by atoms with van der Waals surface area (Å²) in [5.74, 6) is 0.738. The van der Waals surface area contributed by atoms with Crippen LogP contribution in [-0.4, -0.2) is 48.0 Å². The maximum absolute atomic E-state index is 13.1. The molecule has 0 aromatic carbocycles. The van der Waals surface area contributed by atoms with E-state index < -0.39 is 10.0 Å². The second-order valence-corrected chi connectivity index (χ2v) is 9.20. The first-order valence-corrected chi connectivity index (χ1v) is 10.7. The van der Waals surface area contributed by atoms with Crippen molar-refractivity contribution in [2.75, 3.05) is 19.6 Å². The van der Waals surface area contributed by atoms with E-state index in [1.807, 2.05) is 6.92 Å². The number of amides is 1. The smallest absolute Gasteiger partial charge is 0.263 e. The van der Waals surface area contributed by atoms with Crippen LogP contribution < -0.4 is 5.32 Å². The third kappa shape index (κ3) is 4.23. The molecule has 0 bridgehead atoms. The number of rotatable bonds is 7. The molecule has 1 aliphatic heterocycles. The minimum atomic E-state index is -3.74. The fraction of sp³-hybridized carbons (Fsp3) is 0.765. The zero-order valence-corrected chi connectivity index (χ0v) is 15.9. The molecule has 1 aromatic heterocycles. The molecule has 2 heterocycles. The fourth-order valence-corrected chi connectivity index (χ4v) is 4.66. The van der Waals surface area contributed by atoms with Crippen molar-refractivity contribution in [1.82, 2.24) is 19.4 Å². The molecule has 1 saturated heterocycles. The normalized spacial score (nSPS) is 19.9. The SMILES string of the molecule is CCCn1cc(C(=O)NCC2CC2)c(S(=O)(=O)N2CCC(C)CC2)n1. The molecule has 0 radical (unpaired) electrons. The van der Waals surface area contributed by atoms with Gasteiger partial charge in [0.1, 0.15) is 0 Å². The second kappa shape index (κ2) is 7.45. The summed E-state index contributed by atoms with van der Waals surface area (Å²) >= 11 is 0. The molecule has 1 saturated carbocycles. The Kier molecular flexibility index (Phi) is 5.48. The molecule has 1 amide bonds. The zero-order chi connectivity index (χ0) is 18.0. The molecule has 3 rings (SSSR count). The van der Waals surface area contributed by atoms with Gasteiger partial charge in [0.05, 0.1) is 5.56 Å². The summed E-state index contributed by atoms with van der Waals surface area (Å²) in [6, 6.07) is 0. The largest absolute Gasteiger partial charge is 0.352 e. The van der Waals surface area contributed by atoms with Gasteiger partial charge < -0.3 is 5.32 Å². The van der Waals surface area contributed by atoms with Gasteiger partial charge in [-0.15, -0.1) is 0 Å². The van der Waals surface area contributed by atoms with Crippen molar-refractivity contribution in [3.63, 3.8) is 0 Å². The predicted molar refractivity (Wildman–Crippen MR) is 94.7 cm³/mol. The van der Waals surface area contributed by atoms with E-state index in [0.717, 1.165) is 32.1 Å². The lowest BCUT2D eigenvalue weighted by atomic mass is 10.0. The lowest BCUT2D eigenvalue weighted by Gasteiger charge is -2.28. The highest BCUT2D eigenvalue weighted by molar-refractivity contribution is 7.89. The van der Waals surface area contributed by atoms with Crippen LogP contribution in [0.3, 0.4) is 0 Å². The third-order valence-corrected chi connectivity index (χ3v) is 6.84. The molecule has 140 valence electrons. The Morgan fingerprint density at radius 2 is 1.96 bits per heavy atom. The van der Waals surface area contributed by atoms with Crippen molar-refractivity contribution in [3.8, 4) is 0 Å². The molecule has 0 unspecified atom stereocenters. The summed E-state index contributed by atoms with van der Waals surface area (Å²) in [5.41, 5.74) is 0.174. The molecule has 1 aliphatic carbocycles. The summed E-state index contributed by atoms with van der Waals surface area (Å²) < 4.78 is 29.2. The number of nitrogens with zero attached hydrogens (tertiary/aromatic N) is 3. The highest BCUT2D eigenvalue weighted by atomic mass is 32.2. The van der Waals surface area contributed by atoms with Gasteiger partial charge in [0.2, 0.25) is 5.03 Å². The number of nitrogens with one attached hydrogen (secondary N) is 1. The van der Waals surface area contributed by atoms with Gasteiger partial charge >= 0.3 is 0 Å². The van der Waals surface area contributed by atoms with Gasteiger partial charge in [-0.05, 0) is 43.9 Å². The van der Waals surface area contributed by atoms with Crippen molar-refractivity contribution in [1.29, 1.82) is 0 Å². The van der Waals surface area contributed by atoms with Crippen molar-refractivity contribution in [2.45, 2.75) is 57.5 Å². The van der Waals surface area contributed by atoms with Crippen LogP contribution in [0.5, 0.6) is 0 Å².